The molecule has 0 N–H and O–H groups in total. The second kappa shape index (κ2) is 6.89. The van der Waals surface area contributed by atoms with Crippen LogP contribution in [0.25, 0.3) is 0 Å². The summed E-state index contributed by atoms with van der Waals surface area (Å²) in [5, 5.41) is 0.584. The van der Waals surface area contributed by atoms with Crippen molar-refractivity contribution in [3.63, 3.8) is 0 Å². The molecule has 4 nitrogen and oxygen atoms in total. The van der Waals surface area contributed by atoms with Crippen LogP contribution in [-0.2, 0) is 14.3 Å². The fourth-order valence-electron chi connectivity index (χ4n) is 3.60. The number of Topliss-reactive ketones (excluding diaryl/α,β-unsaturated/α-hetero) is 1. The van der Waals surface area contributed by atoms with Crippen LogP contribution in [0.3, 0.4) is 0 Å². The first-order valence-electron chi connectivity index (χ1n) is 8.26. The Kier molecular flexibility index (Phi) is 4.86. The summed E-state index contributed by atoms with van der Waals surface area (Å²) in [6.07, 6.45) is 2.08. The molecular formula is C19H20ClNO3. The van der Waals surface area contributed by atoms with E-state index >= 15 is 0 Å². The molecule has 2 atom stereocenters. The lowest BCUT2D eigenvalue weighted by molar-refractivity contribution is -0.146. The van der Waals surface area contributed by atoms with Crippen LogP contribution in [0, 0.1) is 5.92 Å². The molecule has 0 saturated heterocycles. The molecule has 126 valence electrons. The zero-order chi connectivity index (χ0) is 17.3. The number of hydrogen-bond donors (Lipinski definition) is 0. The lowest BCUT2D eigenvalue weighted by Gasteiger charge is -2.34. The van der Waals surface area contributed by atoms with Gasteiger partial charge in [-0.05, 0) is 44.4 Å². The minimum Gasteiger partial charge on any atom is -0.465 e. The van der Waals surface area contributed by atoms with Gasteiger partial charge in [0.05, 0.1) is 6.61 Å². The van der Waals surface area contributed by atoms with Crippen molar-refractivity contribution < 1.29 is 14.3 Å². The molecule has 1 aromatic carbocycles. The minimum absolute atomic E-state index is 0.0757. The number of halogens is 1. The number of ketones is 1. The van der Waals surface area contributed by atoms with Gasteiger partial charge >= 0.3 is 5.97 Å². The molecule has 5 heteroatoms. The average molecular weight is 346 g/mol. The Morgan fingerprint density at radius 1 is 1.38 bits per heavy atom. The van der Waals surface area contributed by atoms with E-state index in [4.69, 9.17) is 16.3 Å². The summed E-state index contributed by atoms with van der Waals surface area (Å²) in [7, 11) is 0. The van der Waals surface area contributed by atoms with Crippen LogP contribution < -0.4 is 0 Å². The Morgan fingerprint density at radius 3 is 2.88 bits per heavy atom. The molecule has 0 saturated carbocycles. The number of esters is 1. The Hall–Kier alpha value is -1.94. The first-order valence-corrected chi connectivity index (χ1v) is 8.64. The summed E-state index contributed by atoms with van der Waals surface area (Å²) in [4.78, 5) is 29.8. The lowest BCUT2D eigenvalue weighted by atomic mass is 9.72. The number of benzene rings is 1. The van der Waals surface area contributed by atoms with Crippen molar-refractivity contribution in [1.29, 1.82) is 0 Å². The number of hydrogen-bond acceptors (Lipinski definition) is 4. The van der Waals surface area contributed by atoms with Gasteiger partial charge in [0.25, 0.3) is 0 Å². The molecule has 0 spiro atoms. The summed E-state index contributed by atoms with van der Waals surface area (Å²) in [5.41, 5.74) is 3.03. The summed E-state index contributed by atoms with van der Waals surface area (Å²) < 4.78 is 5.26. The highest BCUT2D eigenvalue weighted by atomic mass is 35.5. The third-order valence-corrected chi connectivity index (χ3v) is 4.82. The standard InChI is InChI=1S/C19H20ClNO3/c1-3-24-19(23)16-11(2)21-14-8-5-9-15(22)18(14)17(16)12-6-4-7-13(20)10-12/h4,6-7,10,16-17H,3,5,8-9H2,1-2H3/t16?,17-/m0/s1. The molecule has 1 aliphatic heterocycles. The number of nitrogens with zero attached hydrogens (tertiary/aromatic N) is 1. The first-order chi connectivity index (χ1) is 11.5. The first kappa shape index (κ1) is 16.9. The van der Waals surface area contributed by atoms with Crippen LogP contribution in [0.15, 0.2) is 40.5 Å². The molecule has 1 heterocycles. The highest BCUT2D eigenvalue weighted by Crippen LogP contribution is 2.43. The zero-order valence-electron chi connectivity index (χ0n) is 13.8. The molecule has 1 aromatic rings. The molecule has 24 heavy (non-hydrogen) atoms. The van der Waals surface area contributed by atoms with Gasteiger partial charge in [0.15, 0.2) is 5.78 Å². The van der Waals surface area contributed by atoms with E-state index in [-0.39, 0.29) is 17.7 Å². The van der Waals surface area contributed by atoms with Crippen LogP contribution in [0.1, 0.15) is 44.6 Å². The van der Waals surface area contributed by atoms with E-state index in [1.807, 2.05) is 25.1 Å². The fraction of sp³-hybridized carbons (Fsp3) is 0.421. The number of ether oxygens (including phenoxy) is 1. The number of rotatable bonds is 3. The smallest absolute Gasteiger partial charge is 0.315 e. The molecule has 1 aliphatic carbocycles. The van der Waals surface area contributed by atoms with Crippen LogP contribution >= 0.6 is 11.6 Å². The van der Waals surface area contributed by atoms with Crippen molar-refractivity contribution in [2.45, 2.75) is 39.0 Å². The normalized spacial score (nSPS) is 23.6. The van der Waals surface area contributed by atoms with Crippen LogP contribution in [0.4, 0.5) is 0 Å². The summed E-state index contributed by atoms with van der Waals surface area (Å²) in [5.74, 6) is -1.22. The fourth-order valence-corrected chi connectivity index (χ4v) is 3.80. The van der Waals surface area contributed by atoms with E-state index in [0.29, 0.717) is 29.3 Å². The Labute approximate surface area is 146 Å². The Morgan fingerprint density at radius 2 is 2.17 bits per heavy atom. The van der Waals surface area contributed by atoms with E-state index in [1.165, 1.54) is 0 Å². The minimum atomic E-state index is -0.579. The van der Waals surface area contributed by atoms with Crippen molar-refractivity contribution in [3.8, 4) is 0 Å². The maximum absolute atomic E-state index is 12.6. The number of carbonyl (C=O) groups is 2. The van der Waals surface area contributed by atoms with Gasteiger partial charge < -0.3 is 4.74 Å². The maximum Gasteiger partial charge on any atom is 0.315 e. The molecule has 0 aromatic heterocycles. The van der Waals surface area contributed by atoms with E-state index in [1.54, 1.807) is 13.0 Å². The van der Waals surface area contributed by atoms with E-state index in [9.17, 15) is 9.59 Å². The topological polar surface area (TPSA) is 55.7 Å². The second-order valence-electron chi connectivity index (χ2n) is 6.15. The van der Waals surface area contributed by atoms with Crippen LogP contribution in [0.2, 0.25) is 5.02 Å². The van der Waals surface area contributed by atoms with Crippen LogP contribution in [0.5, 0.6) is 0 Å². The summed E-state index contributed by atoms with van der Waals surface area (Å²) >= 11 is 6.15. The molecular weight excluding hydrogens is 326 g/mol. The molecule has 0 bridgehead atoms. The molecule has 1 unspecified atom stereocenters. The quantitative estimate of drug-likeness (QED) is 0.775. The van der Waals surface area contributed by atoms with Gasteiger partial charge in [0.2, 0.25) is 0 Å². The maximum atomic E-state index is 12.6. The van der Waals surface area contributed by atoms with E-state index < -0.39 is 5.92 Å². The van der Waals surface area contributed by atoms with Crippen molar-refractivity contribution in [2.75, 3.05) is 6.61 Å². The SMILES string of the molecule is CCOC(=O)C1C(C)=NC2=C(C(=O)CCC2)[C@H]1c1cccc(Cl)c1. The average Bonchev–Trinajstić information content (AvgIpc) is 2.54. The third kappa shape index (κ3) is 3.03. The molecule has 3 rings (SSSR count). The van der Waals surface area contributed by atoms with Gasteiger partial charge in [-0.2, -0.15) is 0 Å². The molecule has 0 fully saturated rings. The van der Waals surface area contributed by atoms with Gasteiger partial charge in [-0.3, -0.25) is 14.6 Å². The molecule has 0 radical (unpaired) electrons. The zero-order valence-corrected chi connectivity index (χ0v) is 14.6. The van der Waals surface area contributed by atoms with Gasteiger partial charge in [-0.1, -0.05) is 23.7 Å². The van der Waals surface area contributed by atoms with Crippen molar-refractivity contribution in [2.24, 2.45) is 10.9 Å². The lowest BCUT2D eigenvalue weighted by Crippen LogP contribution is -2.37. The largest absolute Gasteiger partial charge is 0.465 e. The van der Waals surface area contributed by atoms with Crippen molar-refractivity contribution in [3.05, 3.63) is 46.1 Å². The van der Waals surface area contributed by atoms with Gasteiger partial charge in [-0.15, -0.1) is 0 Å². The summed E-state index contributed by atoms with van der Waals surface area (Å²) in [6, 6.07) is 7.36. The van der Waals surface area contributed by atoms with Crippen molar-refractivity contribution >= 4 is 29.1 Å². The third-order valence-electron chi connectivity index (χ3n) is 4.58. The van der Waals surface area contributed by atoms with Crippen LogP contribution in [-0.4, -0.2) is 24.1 Å². The van der Waals surface area contributed by atoms with E-state index in [2.05, 4.69) is 4.99 Å². The molecule has 2 aliphatic rings. The highest BCUT2D eigenvalue weighted by molar-refractivity contribution is 6.30. The Bertz CT molecular complexity index is 751. The van der Waals surface area contributed by atoms with Gasteiger partial charge in [0.1, 0.15) is 5.92 Å². The van der Waals surface area contributed by atoms with Gasteiger partial charge in [0, 0.05) is 34.3 Å². The van der Waals surface area contributed by atoms with Crippen molar-refractivity contribution in [1.82, 2.24) is 0 Å². The number of allylic oxidation sites excluding steroid dienone is 2. The highest BCUT2D eigenvalue weighted by Gasteiger charge is 2.43. The van der Waals surface area contributed by atoms with Gasteiger partial charge in [-0.25, -0.2) is 0 Å². The monoisotopic (exact) mass is 345 g/mol. The number of carbonyl (C=O) groups excluding carboxylic acids is 2. The second-order valence-corrected chi connectivity index (χ2v) is 6.59. The predicted octanol–water partition coefficient (Wildman–Crippen LogP) is 4.08. The number of aliphatic imine (C=N–C) groups is 1. The summed E-state index contributed by atoms with van der Waals surface area (Å²) in [6.45, 7) is 3.91. The van der Waals surface area contributed by atoms with E-state index in [0.717, 1.165) is 24.1 Å². The Balaban J connectivity index is 2.15. The molecule has 0 amide bonds. The predicted molar refractivity (Wildman–Crippen MR) is 93.3 cm³/mol.